The number of pyridine rings is 1. The summed E-state index contributed by atoms with van der Waals surface area (Å²) in [6, 6.07) is 5.45. The molecular weight excluding hydrogens is 404 g/mol. The number of allylic oxidation sites excluding steroid dienone is 4. The lowest BCUT2D eigenvalue weighted by Crippen LogP contribution is -2.26. The van der Waals surface area contributed by atoms with Crippen molar-refractivity contribution in [2.24, 2.45) is 5.92 Å². The number of nitrogens with zero attached hydrogens (tertiary/aromatic N) is 4. The van der Waals surface area contributed by atoms with E-state index in [0.717, 1.165) is 23.5 Å². The normalized spacial score (nSPS) is 12.3. The second-order valence-electron chi connectivity index (χ2n) is 7.23. The second-order valence-corrected chi connectivity index (χ2v) is 7.23. The molecule has 0 aliphatic heterocycles. The van der Waals surface area contributed by atoms with Crippen LogP contribution in [0.4, 0.5) is 5.82 Å². The first-order chi connectivity index (χ1) is 15.5. The Morgan fingerprint density at radius 1 is 1.34 bits per heavy atom. The van der Waals surface area contributed by atoms with Crippen LogP contribution in [0.1, 0.15) is 23.7 Å². The molecule has 0 saturated heterocycles. The van der Waals surface area contributed by atoms with E-state index < -0.39 is 0 Å². The van der Waals surface area contributed by atoms with Crippen molar-refractivity contribution < 1.29 is 9.53 Å². The van der Waals surface area contributed by atoms with Crippen LogP contribution >= 0.6 is 0 Å². The lowest BCUT2D eigenvalue weighted by molar-refractivity contribution is 0.0948. The average molecular weight is 433 g/mol. The first-order valence-corrected chi connectivity index (χ1v) is 10.3. The molecule has 0 radical (unpaired) electrons. The van der Waals surface area contributed by atoms with Crippen LogP contribution in [0, 0.1) is 5.92 Å². The summed E-state index contributed by atoms with van der Waals surface area (Å²) in [5, 5.41) is 10.5. The lowest BCUT2D eigenvalue weighted by Gasteiger charge is -2.14. The Morgan fingerprint density at radius 3 is 2.84 bits per heavy atom. The van der Waals surface area contributed by atoms with Gasteiger partial charge in [0.1, 0.15) is 11.4 Å². The van der Waals surface area contributed by atoms with Gasteiger partial charge in [-0.3, -0.25) is 4.79 Å². The van der Waals surface area contributed by atoms with E-state index in [1.54, 1.807) is 36.1 Å². The van der Waals surface area contributed by atoms with Gasteiger partial charge in [-0.1, -0.05) is 38.3 Å². The third-order valence-corrected chi connectivity index (χ3v) is 5.14. The molecule has 3 aromatic heterocycles. The molecule has 0 aliphatic rings. The van der Waals surface area contributed by atoms with Crippen molar-refractivity contribution in [2.45, 2.75) is 13.3 Å². The number of nitrogens with one attached hydrogen (secondary N) is 2. The molecule has 3 aromatic rings. The number of aromatic nitrogens is 4. The highest BCUT2D eigenvalue weighted by Crippen LogP contribution is 2.24. The molecule has 3 heterocycles. The molecule has 2 N–H and O–H groups in total. The molecule has 166 valence electrons. The Labute approximate surface area is 187 Å². The summed E-state index contributed by atoms with van der Waals surface area (Å²) in [5.74, 6) is 0.973. The SMILES string of the molecule is C=C/C=C(\C=C)C(C)CCNC(=O)c1cc(-c2ccc3nc(NC)cn3n2)cnc1OC. The standard InChI is InChI=1S/C24H28N6O2/c1-6-8-17(7-2)16(3)11-12-26-23(31)19-13-18(14-27-24(19)32-5)20-9-10-22-28-21(25-4)15-30(22)29-20/h6-10,13-16,25H,1-2,11-12H2,3-5H3,(H,26,31)/b17-8+. The zero-order valence-electron chi connectivity index (χ0n) is 18.6. The van der Waals surface area contributed by atoms with Crippen molar-refractivity contribution in [2.75, 3.05) is 26.0 Å². The van der Waals surface area contributed by atoms with E-state index in [0.29, 0.717) is 23.4 Å². The highest BCUT2D eigenvalue weighted by molar-refractivity contribution is 5.97. The molecule has 3 rings (SSSR count). The first-order valence-electron chi connectivity index (χ1n) is 10.3. The predicted octanol–water partition coefficient (Wildman–Crippen LogP) is 3.90. The van der Waals surface area contributed by atoms with Crippen LogP contribution in [0.25, 0.3) is 16.9 Å². The number of imidazole rings is 1. The number of carbonyl (C=O) groups excluding carboxylic acids is 1. The zero-order valence-corrected chi connectivity index (χ0v) is 18.6. The van der Waals surface area contributed by atoms with Gasteiger partial charge >= 0.3 is 0 Å². The van der Waals surface area contributed by atoms with Gasteiger partial charge in [-0.25, -0.2) is 14.5 Å². The number of methoxy groups -OCH3 is 1. The van der Waals surface area contributed by atoms with Gasteiger partial charge in [0.2, 0.25) is 5.88 Å². The van der Waals surface area contributed by atoms with E-state index in [9.17, 15) is 4.79 Å². The van der Waals surface area contributed by atoms with Gasteiger partial charge in [0.05, 0.1) is 19.0 Å². The second kappa shape index (κ2) is 10.4. The van der Waals surface area contributed by atoms with Crippen LogP contribution in [-0.4, -0.2) is 46.2 Å². The molecule has 0 saturated carbocycles. The summed E-state index contributed by atoms with van der Waals surface area (Å²) in [4.78, 5) is 21.6. The third-order valence-electron chi connectivity index (χ3n) is 5.14. The average Bonchev–Trinajstić information content (AvgIpc) is 3.24. The minimum absolute atomic E-state index is 0.241. The van der Waals surface area contributed by atoms with Crippen molar-refractivity contribution in [1.29, 1.82) is 0 Å². The van der Waals surface area contributed by atoms with Crippen LogP contribution in [0.5, 0.6) is 5.88 Å². The number of anilines is 1. The Kier molecular flexibility index (Phi) is 7.38. The number of fused-ring (bicyclic) bond motifs is 1. The van der Waals surface area contributed by atoms with Gasteiger partial charge in [-0.15, -0.1) is 0 Å². The quantitative estimate of drug-likeness (QED) is 0.472. The van der Waals surface area contributed by atoms with Gasteiger partial charge in [-0.05, 0) is 36.1 Å². The van der Waals surface area contributed by atoms with Gasteiger partial charge in [0.15, 0.2) is 5.65 Å². The highest BCUT2D eigenvalue weighted by Gasteiger charge is 2.17. The molecule has 8 heteroatoms. The van der Waals surface area contributed by atoms with E-state index in [1.165, 1.54) is 7.11 Å². The lowest BCUT2D eigenvalue weighted by atomic mass is 9.97. The number of ether oxygens (including phenoxy) is 1. The number of amides is 1. The fraction of sp³-hybridized carbons (Fsp3) is 0.250. The molecule has 0 spiro atoms. The molecule has 8 nitrogen and oxygen atoms in total. The molecular formula is C24H28N6O2. The maximum absolute atomic E-state index is 12.9. The van der Waals surface area contributed by atoms with E-state index in [4.69, 9.17) is 4.74 Å². The van der Waals surface area contributed by atoms with Crippen LogP contribution in [0.2, 0.25) is 0 Å². The van der Waals surface area contributed by atoms with Crippen molar-refractivity contribution >= 4 is 17.4 Å². The van der Waals surface area contributed by atoms with E-state index in [2.05, 4.69) is 45.8 Å². The third kappa shape index (κ3) is 5.03. The smallest absolute Gasteiger partial charge is 0.256 e. The summed E-state index contributed by atoms with van der Waals surface area (Å²) in [5.41, 5.74) is 3.52. The molecule has 32 heavy (non-hydrogen) atoms. The Balaban J connectivity index is 1.78. The van der Waals surface area contributed by atoms with Crippen LogP contribution in [-0.2, 0) is 0 Å². The fourth-order valence-electron chi connectivity index (χ4n) is 3.31. The van der Waals surface area contributed by atoms with Crippen LogP contribution < -0.4 is 15.4 Å². The maximum Gasteiger partial charge on any atom is 0.256 e. The van der Waals surface area contributed by atoms with E-state index >= 15 is 0 Å². The largest absolute Gasteiger partial charge is 0.480 e. The number of rotatable bonds is 10. The van der Waals surface area contributed by atoms with Gasteiger partial charge in [-0.2, -0.15) is 5.10 Å². The Morgan fingerprint density at radius 2 is 2.16 bits per heavy atom. The van der Waals surface area contributed by atoms with E-state index in [-0.39, 0.29) is 17.7 Å². The molecule has 1 unspecified atom stereocenters. The Bertz CT molecular complexity index is 1160. The van der Waals surface area contributed by atoms with Crippen molar-refractivity contribution in [1.82, 2.24) is 24.9 Å². The molecule has 1 atom stereocenters. The minimum Gasteiger partial charge on any atom is -0.480 e. The topological polar surface area (TPSA) is 93.4 Å². The predicted molar refractivity (Wildman–Crippen MR) is 127 cm³/mol. The monoisotopic (exact) mass is 432 g/mol. The van der Waals surface area contributed by atoms with Gasteiger partial charge < -0.3 is 15.4 Å². The maximum atomic E-state index is 12.9. The van der Waals surface area contributed by atoms with Crippen molar-refractivity contribution in [3.05, 3.63) is 73.1 Å². The molecule has 0 aliphatic carbocycles. The van der Waals surface area contributed by atoms with Gasteiger partial charge in [0, 0.05) is 25.4 Å². The number of hydrogen-bond donors (Lipinski definition) is 2. The van der Waals surface area contributed by atoms with Crippen LogP contribution in [0.3, 0.4) is 0 Å². The summed E-state index contributed by atoms with van der Waals surface area (Å²) < 4.78 is 6.99. The molecule has 0 bridgehead atoms. The van der Waals surface area contributed by atoms with Crippen LogP contribution in [0.15, 0.2) is 67.6 Å². The Hall–Kier alpha value is -3.94. The molecule has 0 aromatic carbocycles. The summed E-state index contributed by atoms with van der Waals surface area (Å²) in [6.45, 7) is 10.1. The minimum atomic E-state index is -0.252. The van der Waals surface area contributed by atoms with Crippen molar-refractivity contribution in [3.8, 4) is 17.1 Å². The fourth-order valence-corrected chi connectivity index (χ4v) is 3.31. The first kappa shape index (κ1) is 22.7. The number of hydrogen-bond acceptors (Lipinski definition) is 6. The van der Waals surface area contributed by atoms with E-state index in [1.807, 2.05) is 24.3 Å². The highest BCUT2D eigenvalue weighted by atomic mass is 16.5. The van der Waals surface area contributed by atoms with Crippen molar-refractivity contribution in [3.63, 3.8) is 0 Å². The summed E-state index contributed by atoms with van der Waals surface area (Å²) in [6.07, 6.45) is 9.68. The van der Waals surface area contributed by atoms with Gasteiger partial charge in [0.25, 0.3) is 5.91 Å². The zero-order chi connectivity index (χ0) is 23.1. The molecule has 1 amide bonds. The summed E-state index contributed by atoms with van der Waals surface area (Å²) in [7, 11) is 3.29. The number of carbonyl (C=O) groups is 1. The molecule has 0 fully saturated rings. The summed E-state index contributed by atoms with van der Waals surface area (Å²) >= 11 is 0.